The van der Waals surface area contributed by atoms with E-state index in [0.717, 1.165) is 35.6 Å². The lowest BCUT2D eigenvalue weighted by molar-refractivity contribution is -0.143. The Morgan fingerprint density at radius 2 is 2.13 bits per heavy atom. The number of nitrogens with one attached hydrogen (secondary N) is 1. The summed E-state index contributed by atoms with van der Waals surface area (Å²) in [6.07, 6.45) is 1.85. The molecule has 0 spiro atoms. The van der Waals surface area contributed by atoms with Gasteiger partial charge >= 0.3 is 5.97 Å². The molecule has 1 unspecified atom stereocenters. The molecule has 0 bridgehead atoms. The Balaban J connectivity index is 2.04. The third kappa shape index (κ3) is 4.98. The lowest BCUT2D eigenvalue weighted by Crippen LogP contribution is -2.30. The first kappa shape index (κ1) is 22.2. The van der Waals surface area contributed by atoms with E-state index < -0.39 is 6.04 Å². The molecular weight excluding hydrogens is 400 g/mol. The van der Waals surface area contributed by atoms with Gasteiger partial charge in [-0.3, -0.25) is 0 Å². The Morgan fingerprint density at radius 3 is 2.83 bits per heavy atom. The average Bonchev–Trinajstić information content (AvgIpc) is 3.09. The fourth-order valence-corrected chi connectivity index (χ4v) is 3.84. The number of rotatable bonds is 9. The number of esters is 1. The second-order valence-electron chi connectivity index (χ2n) is 7.39. The molecule has 0 radical (unpaired) electrons. The minimum atomic E-state index is -0.444. The summed E-state index contributed by atoms with van der Waals surface area (Å²) in [4.78, 5) is 17.6. The molecule has 30 heavy (non-hydrogen) atoms. The maximum atomic E-state index is 13.0. The highest BCUT2D eigenvalue weighted by Gasteiger charge is 2.35. The van der Waals surface area contributed by atoms with E-state index in [1.54, 1.807) is 16.4 Å². The van der Waals surface area contributed by atoms with Crippen LogP contribution in [-0.2, 0) is 9.53 Å². The number of nitrogens with zero attached hydrogens (tertiary/aromatic N) is 3. The van der Waals surface area contributed by atoms with Gasteiger partial charge in [0.1, 0.15) is 11.8 Å². The number of anilines is 1. The minimum absolute atomic E-state index is 0.217. The van der Waals surface area contributed by atoms with E-state index in [1.807, 2.05) is 45.0 Å². The molecule has 1 aliphatic rings. The molecule has 3 rings (SSSR count). The van der Waals surface area contributed by atoms with Crippen LogP contribution >= 0.6 is 11.8 Å². The predicted octanol–water partition coefficient (Wildman–Crippen LogP) is 4.81. The Hall–Kier alpha value is -2.48. The summed E-state index contributed by atoms with van der Waals surface area (Å²) in [5, 5.41) is 8.57. The van der Waals surface area contributed by atoms with Crippen molar-refractivity contribution < 1.29 is 14.3 Å². The largest absolute Gasteiger partial charge is 0.494 e. The van der Waals surface area contributed by atoms with Crippen molar-refractivity contribution in [1.82, 2.24) is 14.8 Å². The summed E-state index contributed by atoms with van der Waals surface area (Å²) >= 11 is 1.56. The van der Waals surface area contributed by atoms with Crippen molar-refractivity contribution in [1.29, 1.82) is 0 Å². The highest BCUT2D eigenvalue weighted by atomic mass is 32.2. The third-order valence-corrected chi connectivity index (χ3v) is 5.33. The summed E-state index contributed by atoms with van der Waals surface area (Å²) in [7, 11) is 0. The molecule has 1 aliphatic heterocycles. The number of allylic oxidation sites excluding steroid dienone is 1. The second-order valence-corrected chi connectivity index (χ2v) is 8.62. The van der Waals surface area contributed by atoms with E-state index in [9.17, 15) is 4.79 Å². The summed E-state index contributed by atoms with van der Waals surface area (Å²) in [5.41, 5.74) is 2.15. The van der Waals surface area contributed by atoms with Gasteiger partial charge in [0, 0.05) is 5.70 Å². The highest BCUT2D eigenvalue weighted by Crippen LogP contribution is 2.37. The number of carbonyl (C=O) groups excluding carboxylic acids is 1. The van der Waals surface area contributed by atoms with Gasteiger partial charge in [0.25, 0.3) is 0 Å². The Morgan fingerprint density at radius 1 is 1.33 bits per heavy atom. The van der Waals surface area contributed by atoms with Crippen LogP contribution in [0.3, 0.4) is 0 Å². The Labute approximate surface area is 182 Å². The van der Waals surface area contributed by atoms with Crippen molar-refractivity contribution >= 4 is 23.7 Å². The average molecular weight is 431 g/mol. The molecule has 7 nitrogen and oxygen atoms in total. The van der Waals surface area contributed by atoms with Gasteiger partial charge in [0.2, 0.25) is 11.1 Å². The molecule has 0 fully saturated rings. The van der Waals surface area contributed by atoms with E-state index in [2.05, 4.69) is 29.2 Å². The van der Waals surface area contributed by atoms with Crippen LogP contribution in [0.2, 0.25) is 0 Å². The topological polar surface area (TPSA) is 78.3 Å². The number of fused-ring (bicyclic) bond motifs is 1. The number of aromatic nitrogens is 3. The molecule has 0 saturated heterocycles. The Bertz CT molecular complexity index is 923. The molecule has 0 aliphatic carbocycles. The van der Waals surface area contributed by atoms with Crippen LogP contribution in [-0.4, -0.2) is 39.2 Å². The molecule has 8 heteroatoms. The van der Waals surface area contributed by atoms with Gasteiger partial charge in [-0.05, 0) is 50.6 Å². The molecule has 1 atom stereocenters. The van der Waals surface area contributed by atoms with Gasteiger partial charge in [-0.2, -0.15) is 4.98 Å². The van der Waals surface area contributed by atoms with Crippen LogP contribution in [0.4, 0.5) is 5.95 Å². The van der Waals surface area contributed by atoms with Crippen molar-refractivity contribution in [2.24, 2.45) is 0 Å². The van der Waals surface area contributed by atoms with E-state index in [-0.39, 0.29) is 12.1 Å². The zero-order valence-corrected chi connectivity index (χ0v) is 19.1. The van der Waals surface area contributed by atoms with E-state index in [1.165, 1.54) is 0 Å². The molecule has 1 aromatic carbocycles. The van der Waals surface area contributed by atoms with Crippen LogP contribution in [0.1, 0.15) is 59.1 Å². The monoisotopic (exact) mass is 430 g/mol. The summed E-state index contributed by atoms with van der Waals surface area (Å²) < 4.78 is 13.2. The molecule has 0 amide bonds. The molecule has 2 aromatic rings. The second kappa shape index (κ2) is 10.0. The number of hydrogen-bond donors (Lipinski definition) is 1. The molecule has 1 N–H and O–H groups in total. The quantitative estimate of drug-likeness (QED) is 0.347. The van der Waals surface area contributed by atoms with Crippen molar-refractivity contribution in [3.8, 4) is 5.75 Å². The van der Waals surface area contributed by atoms with Gasteiger partial charge in [-0.25, -0.2) is 9.48 Å². The van der Waals surface area contributed by atoms with E-state index in [0.29, 0.717) is 23.3 Å². The first-order valence-electron chi connectivity index (χ1n) is 10.4. The molecule has 0 saturated carbocycles. The third-order valence-electron chi connectivity index (χ3n) is 4.61. The van der Waals surface area contributed by atoms with Crippen molar-refractivity contribution in [3.05, 3.63) is 41.1 Å². The highest BCUT2D eigenvalue weighted by molar-refractivity contribution is 7.99. The molecule has 2 heterocycles. The van der Waals surface area contributed by atoms with E-state index in [4.69, 9.17) is 9.47 Å². The molecule has 162 valence electrons. The van der Waals surface area contributed by atoms with Gasteiger partial charge in [-0.15, -0.1) is 5.10 Å². The maximum absolute atomic E-state index is 13.0. The predicted molar refractivity (Wildman–Crippen MR) is 119 cm³/mol. The first-order chi connectivity index (χ1) is 14.4. The normalized spacial score (nSPS) is 15.7. The number of thioether (sulfide) groups is 1. The molecular formula is C22H30N4O3S. The van der Waals surface area contributed by atoms with Crippen LogP contribution in [0.15, 0.2) is 40.7 Å². The zero-order chi connectivity index (χ0) is 21.7. The number of ether oxygens (including phenoxy) is 2. The number of benzene rings is 1. The van der Waals surface area contributed by atoms with Gasteiger partial charge in [0.05, 0.1) is 18.3 Å². The first-order valence-corrected chi connectivity index (χ1v) is 11.4. The van der Waals surface area contributed by atoms with Crippen LogP contribution in [0, 0.1) is 0 Å². The Kier molecular flexibility index (Phi) is 7.42. The van der Waals surface area contributed by atoms with Crippen molar-refractivity contribution in [2.75, 3.05) is 17.7 Å². The van der Waals surface area contributed by atoms with Crippen molar-refractivity contribution in [3.63, 3.8) is 0 Å². The van der Waals surface area contributed by atoms with E-state index >= 15 is 0 Å². The van der Waals surface area contributed by atoms with Gasteiger partial charge in [0.15, 0.2) is 0 Å². The fourth-order valence-electron chi connectivity index (χ4n) is 3.28. The summed E-state index contributed by atoms with van der Waals surface area (Å²) in [6, 6.07) is 7.39. The lowest BCUT2D eigenvalue weighted by Gasteiger charge is -2.28. The number of hydrogen-bond acceptors (Lipinski definition) is 7. The maximum Gasteiger partial charge on any atom is 0.338 e. The summed E-state index contributed by atoms with van der Waals surface area (Å²) in [6.45, 7) is 10.4. The standard InChI is InChI=1S/C22H30N4O3S/c1-6-8-12-28-17-11-9-10-16(13-17)19-18(20(27)29-14(3)4)15(5)23-21-24-22(30-7-2)25-26(19)21/h9-11,13-14,19H,6-8,12H2,1-5H3,(H,23,24,25). The van der Waals surface area contributed by atoms with Crippen molar-refractivity contribution in [2.45, 2.75) is 64.8 Å². The minimum Gasteiger partial charge on any atom is -0.494 e. The van der Waals surface area contributed by atoms with Gasteiger partial charge in [-0.1, -0.05) is 44.2 Å². The smallest absolute Gasteiger partial charge is 0.338 e. The SMILES string of the molecule is CCCCOc1cccc(C2C(C(=O)OC(C)C)=C(C)Nc3nc(SCC)nn32)c1. The lowest BCUT2D eigenvalue weighted by atomic mass is 9.95. The van der Waals surface area contributed by atoms with Gasteiger partial charge < -0.3 is 14.8 Å². The zero-order valence-electron chi connectivity index (χ0n) is 18.3. The summed E-state index contributed by atoms with van der Waals surface area (Å²) in [5.74, 6) is 1.90. The molecule has 1 aromatic heterocycles. The van der Waals surface area contributed by atoms with Crippen LogP contribution < -0.4 is 10.1 Å². The number of carbonyl (C=O) groups is 1. The van der Waals surface area contributed by atoms with Crippen LogP contribution in [0.25, 0.3) is 0 Å². The van der Waals surface area contributed by atoms with Crippen LogP contribution in [0.5, 0.6) is 5.75 Å². The fraction of sp³-hybridized carbons (Fsp3) is 0.500. The number of unbranched alkanes of at least 4 members (excludes halogenated alkanes) is 1.